The van der Waals surface area contributed by atoms with E-state index in [2.05, 4.69) is 34.2 Å². The van der Waals surface area contributed by atoms with E-state index in [1.54, 1.807) is 4.68 Å². The Bertz CT molecular complexity index is 571. The minimum Gasteiger partial charge on any atom is -0.409 e. The maximum atomic E-state index is 8.54. The predicted molar refractivity (Wildman–Crippen MR) is 68.9 cm³/mol. The fourth-order valence-electron chi connectivity index (χ4n) is 1.59. The number of nitrogens with two attached hydrogens (primary N) is 1. The molecule has 0 fully saturated rings. The summed E-state index contributed by atoms with van der Waals surface area (Å²) in [6.45, 7) is 4.73. The minimum atomic E-state index is -0.108. The second-order valence-electron chi connectivity index (χ2n) is 4.30. The highest BCUT2D eigenvalue weighted by atomic mass is 16.4. The van der Waals surface area contributed by atoms with Gasteiger partial charge < -0.3 is 10.9 Å². The van der Waals surface area contributed by atoms with E-state index in [0.29, 0.717) is 12.6 Å². The number of hydrogen-bond donors (Lipinski definition) is 2. The van der Waals surface area contributed by atoms with Gasteiger partial charge in [0.1, 0.15) is 6.33 Å². The van der Waals surface area contributed by atoms with Crippen molar-refractivity contribution in [3.05, 3.63) is 30.1 Å². The van der Waals surface area contributed by atoms with E-state index < -0.39 is 0 Å². The van der Waals surface area contributed by atoms with Crippen LogP contribution in [-0.2, 0) is 6.54 Å². The molecule has 0 aliphatic heterocycles. The number of hydrogen-bond acceptors (Lipinski definition) is 5. The lowest BCUT2D eigenvalue weighted by Crippen LogP contribution is -2.15. The van der Waals surface area contributed by atoms with Crippen LogP contribution in [0.25, 0.3) is 0 Å². The van der Waals surface area contributed by atoms with Crippen LogP contribution in [0.3, 0.4) is 0 Å². The number of amidine groups is 1. The van der Waals surface area contributed by atoms with E-state index in [4.69, 9.17) is 10.9 Å². The summed E-state index contributed by atoms with van der Waals surface area (Å²) < 4.78 is 3.52. The molecular formula is C11H17N7O. The van der Waals surface area contributed by atoms with Gasteiger partial charge in [-0.25, -0.2) is 9.67 Å². The molecule has 0 aliphatic carbocycles. The average molecular weight is 263 g/mol. The Kier molecular flexibility index (Phi) is 3.79. The predicted octanol–water partition coefficient (Wildman–Crippen LogP) is 0.588. The highest BCUT2D eigenvalue weighted by Gasteiger charge is 2.08. The molecule has 2 heterocycles. The number of oxime groups is 1. The third kappa shape index (κ3) is 2.90. The second-order valence-corrected chi connectivity index (χ2v) is 4.30. The van der Waals surface area contributed by atoms with Gasteiger partial charge in [0.05, 0.1) is 12.2 Å². The first kappa shape index (κ1) is 13.1. The maximum absolute atomic E-state index is 8.54. The van der Waals surface area contributed by atoms with Gasteiger partial charge >= 0.3 is 0 Å². The van der Waals surface area contributed by atoms with E-state index in [9.17, 15) is 0 Å². The first-order valence-electron chi connectivity index (χ1n) is 6.05. The fourth-order valence-corrected chi connectivity index (χ4v) is 1.59. The molecule has 0 radical (unpaired) electrons. The largest absolute Gasteiger partial charge is 0.409 e. The van der Waals surface area contributed by atoms with Crippen molar-refractivity contribution in [1.29, 1.82) is 0 Å². The molecule has 2 aromatic heterocycles. The quantitative estimate of drug-likeness (QED) is 0.355. The standard InChI is InChI=1S/C11H17N7O/c1-3-8(2)18-5-4-9(14-18)6-17-7-13-11(15-17)10(12)16-19/h4-5,7-8,19H,3,6H2,1-2H3,(H2,12,16). The van der Waals surface area contributed by atoms with Crippen LogP contribution in [0, 0.1) is 0 Å². The molecule has 0 aromatic carbocycles. The summed E-state index contributed by atoms with van der Waals surface area (Å²) in [4.78, 5) is 3.94. The topological polar surface area (TPSA) is 107 Å². The van der Waals surface area contributed by atoms with Crippen LogP contribution in [0.15, 0.2) is 23.7 Å². The summed E-state index contributed by atoms with van der Waals surface area (Å²) in [6.07, 6.45) is 4.50. The summed E-state index contributed by atoms with van der Waals surface area (Å²) in [5, 5.41) is 19.9. The van der Waals surface area contributed by atoms with Crippen molar-refractivity contribution < 1.29 is 5.21 Å². The molecule has 0 bridgehead atoms. The molecule has 8 heteroatoms. The number of rotatable bonds is 5. The van der Waals surface area contributed by atoms with Gasteiger partial charge in [-0.15, -0.1) is 5.10 Å². The van der Waals surface area contributed by atoms with Gasteiger partial charge in [0.25, 0.3) is 0 Å². The molecule has 0 saturated carbocycles. The molecule has 19 heavy (non-hydrogen) atoms. The third-order valence-electron chi connectivity index (χ3n) is 2.90. The Labute approximate surface area is 110 Å². The molecule has 8 nitrogen and oxygen atoms in total. The fraction of sp³-hybridized carbons (Fsp3) is 0.455. The summed E-state index contributed by atoms with van der Waals surface area (Å²) in [5.41, 5.74) is 6.29. The highest BCUT2D eigenvalue weighted by Crippen LogP contribution is 2.09. The normalized spacial score (nSPS) is 13.7. The molecule has 3 N–H and O–H groups in total. The van der Waals surface area contributed by atoms with Gasteiger partial charge in [0.15, 0.2) is 0 Å². The zero-order valence-corrected chi connectivity index (χ0v) is 10.9. The van der Waals surface area contributed by atoms with Crippen molar-refractivity contribution in [3.8, 4) is 0 Å². The summed E-state index contributed by atoms with van der Waals surface area (Å²) in [6, 6.07) is 2.31. The van der Waals surface area contributed by atoms with E-state index in [1.165, 1.54) is 6.33 Å². The molecule has 2 aromatic rings. The van der Waals surface area contributed by atoms with Crippen LogP contribution in [0.5, 0.6) is 0 Å². The SMILES string of the molecule is CCC(C)n1ccc(Cn2cnc(C(N)=NO)n2)n1. The van der Waals surface area contributed by atoms with Crippen LogP contribution < -0.4 is 5.73 Å². The lowest BCUT2D eigenvalue weighted by Gasteiger charge is -2.07. The van der Waals surface area contributed by atoms with Crippen LogP contribution in [0.2, 0.25) is 0 Å². The molecule has 2 rings (SSSR count). The van der Waals surface area contributed by atoms with Crippen molar-refractivity contribution in [2.24, 2.45) is 10.9 Å². The Balaban J connectivity index is 2.09. The number of aromatic nitrogens is 5. The smallest absolute Gasteiger partial charge is 0.219 e. The molecule has 0 saturated heterocycles. The summed E-state index contributed by atoms with van der Waals surface area (Å²) >= 11 is 0. The zero-order valence-electron chi connectivity index (χ0n) is 10.9. The molecular weight excluding hydrogens is 246 g/mol. The molecule has 0 spiro atoms. The van der Waals surface area contributed by atoms with Crippen molar-refractivity contribution in [3.63, 3.8) is 0 Å². The van der Waals surface area contributed by atoms with E-state index in [-0.39, 0.29) is 11.7 Å². The molecule has 102 valence electrons. The van der Waals surface area contributed by atoms with Crippen molar-refractivity contribution in [2.45, 2.75) is 32.9 Å². The van der Waals surface area contributed by atoms with E-state index >= 15 is 0 Å². The molecule has 0 amide bonds. The monoisotopic (exact) mass is 263 g/mol. The van der Waals surface area contributed by atoms with Crippen molar-refractivity contribution in [1.82, 2.24) is 24.5 Å². The molecule has 1 atom stereocenters. The van der Waals surface area contributed by atoms with Crippen LogP contribution in [0.1, 0.15) is 37.8 Å². The zero-order chi connectivity index (χ0) is 13.8. The van der Waals surface area contributed by atoms with Crippen molar-refractivity contribution >= 4 is 5.84 Å². The summed E-state index contributed by atoms with van der Waals surface area (Å²) in [5.74, 6) is 0.0905. The Hall–Kier alpha value is -2.38. The van der Waals surface area contributed by atoms with Gasteiger partial charge in [0, 0.05) is 12.2 Å². The van der Waals surface area contributed by atoms with Crippen LogP contribution in [-0.4, -0.2) is 35.6 Å². The molecule has 1 unspecified atom stereocenters. The van der Waals surface area contributed by atoms with Gasteiger partial charge in [-0.2, -0.15) is 5.10 Å². The minimum absolute atomic E-state index is 0.108. The van der Waals surface area contributed by atoms with Crippen LogP contribution >= 0.6 is 0 Å². The first-order valence-corrected chi connectivity index (χ1v) is 6.05. The van der Waals surface area contributed by atoms with Crippen molar-refractivity contribution in [2.75, 3.05) is 0 Å². The van der Waals surface area contributed by atoms with Gasteiger partial charge in [0.2, 0.25) is 11.7 Å². The van der Waals surface area contributed by atoms with Gasteiger partial charge in [-0.1, -0.05) is 12.1 Å². The highest BCUT2D eigenvalue weighted by molar-refractivity contribution is 5.93. The first-order chi connectivity index (χ1) is 9.13. The lowest BCUT2D eigenvalue weighted by molar-refractivity contribution is 0.318. The summed E-state index contributed by atoms with van der Waals surface area (Å²) in [7, 11) is 0. The van der Waals surface area contributed by atoms with Gasteiger partial charge in [-0.3, -0.25) is 4.68 Å². The molecule has 0 aliphatic rings. The Morgan fingerprint density at radius 2 is 2.32 bits per heavy atom. The van der Waals surface area contributed by atoms with E-state index in [0.717, 1.165) is 12.1 Å². The average Bonchev–Trinajstić information content (AvgIpc) is 3.07. The Morgan fingerprint density at radius 1 is 1.53 bits per heavy atom. The Morgan fingerprint density at radius 3 is 3.00 bits per heavy atom. The maximum Gasteiger partial charge on any atom is 0.219 e. The van der Waals surface area contributed by atoms with Gasteiger partial charge in [-0.05, 0) is 19.4 Å². The van der Waals surface area contributed by atoms with E-state index in [1.807, 2.05) is 16.9 Å². The third-order valence-corrected chi connectivity index (χ3v) is 2.90. The number of nitrogens with zero attached hydrogens (tertiary/aromatic N) is 6. The van der Waals surface area contributed by atoms with Crippen LogP contribution in [0.4, 0.5) is 0 Å². The lowest BCUT2D eigenvalue weighted by atomic mass is 10.3. The second kappa shape index (κ2) is 5.51.